The van der Waals surface area contributed by atoms with E-state index in [1.165, 1.54) is 5.56 Å². The van der Waals surface area contributed by atoms with Gasteiger partial charge in [0.25, 0.3) is 0 Å². The smallest absolute Gasteiger partial charge is 0.154 e. The first kappa shape index (κ1) is 20.3. The quantitative estimate of drug-likeness (QED) is 0.570. The lowest BCUT2D eigenvalue weighted by Gasteiger charge is -2.13. The average molecular weight is 395 g/mol. The second kappa shape index (κ2) is 9.18. The fraction of sp³-hybridized carbons (Fsp3) is 0.304. The molecule has 0 aliphatic heterocycles. The third-order valence-corrected chi connectivity index (χ3v) is 4.79. The van der Waals surface area contributed by atoms with Gasteiger partial charge in [0.2, 0.25) is 0 Å². The molecule has 0 radical (unpaired) electrons. The molecule has 0 saturated carbocycles. The van der Waals surface area contributed by atoms with Crippen LogP contribution in [0.4, 0.5) is 5.82 Å². The molecule has 1 aromatic heterocycles. The molecule has 2 aromatic carbocycles. The van der Waals surface area contributed by atoms with Gasteiger partial charge in [0.1, 0.15) is 5.82 Å². The van der Waals surface area contributed by atoms with Crippen LogP contribution in [0.25, 0.3) is 23.1 Å². The van der Waals surface area contributed by atoms with Gasteiger partial charge >= 0.3 is 0 Å². The molecule has 0 bridgehead atoms. The zero-order valence-corrected chi connectivity index (χ0v) is 17.7. The van der Waals surface area contributed by atoms with Crippen LogP contribution in [0.2, 0.25) is 5.02 Å². The summed E-state index contributed by atoms with van der Waals surface area (Å²) < 4.78 is 0. The Balaban J connectivity index is 1.88. The van der Waals surface area contributed by atoms with Gasteiger partial charge in [-0.15, -0.1) is 0 Å². The minimum Gasteiger partial charge on any atom is -0.368 e. The van der Waals surface area contributed by atoms with Crippen molar-refractivity contribution >= 4 is 40.5 Å². The van der Waals surface area contributed by atoms with Crippen LogP contribution in [0.3, 0.4) is 0 Å². The van der Waals surface area contributed by atoms with Gasteiger partial charge in [0.05, 0.1) is 5.52 Å². The first-order chi connectivity index (χ1) is 13.4. The van der Waals surface area contributed by atoms with Gasteiger partial charge < -0.3 is 10.2 Å². The first-order valence-corrected chi connectivity index (χ1v) is 9.94. The van der Waals surface area contributed by atoms with E-state index >= 15 is 0 Å². The normalized spacial score (nSPS) is 11.8. The Morgan fingerprint density at radius 3 is 2.46 bits per heavy atom. The molecule has 3 rings (SSSR count). The molecule has 1 N–H and O–H groups in total. The maximum absolute atomic E-state index is 6.19. The fourth-order valence-electron chi connectivity index (χ4n) is 2.89. The van der Waals surface area contributed by atoms with Crippen LogP contribution >= 0.6 is 11.6 Å². The number of hydrogen-bond donors (Lipinski definition) is 1. The third kappa shape index (κ3) is 5.31. The summed E-state index contributed by atoms with van der Waals surface area (Å²) >= 11 is 6.19. The molecular weight excluding hydrogens is 368 g/mol. The Hall–Kier alpha value is -2.43. The summed E-state index contributed by atoms with van der Waals surface area (Å²) in [7, 11) is 4.10. The van der Waals surface area contributed by atoms with Gasteiger partial charge in [0.15, 0.2) is 5.82 Å². The summed E-state index contributed by atoms with van der Waals surface area (Å²) in [5.41, 5.74) is 3.34. The molecule has 28 heavy (non-hydrogen) atoms. The lowest BCUT2D eigenvalue weighted by Crippen LogP contribution is -2.21. The number of halogens is 1. The predicted octanol–water partition coefficient (Wildman–Crippen LogP) is 5.55. The summed E-state index contributed by atoms with van der Waals surface area (Å²) in [5, 5.41) is 5.04. The minimum atomic E-state index is 0.532. The monoisotopic (exact) mass is 394 g/mol. The highest BCUT2D eigenvalue weighted by molar-refractivity contribution is 6.31. The van der Waals surface area contributed by atoms with E-state index in [4.69, 9.17) is 16.6 Å². The topological polar surface area (TPSA) is 41.1 Å². The van der Waals surface area contributed by atoms with Gasteiger partial charge in [-0.25, -0.2) is 9.97 Å². The Labute approximate surface area is 172 Å². The summed E-state index contributed by atoms with van der Waals surface area (Å²) in [6.07, 6.45) is 4.00. The van der Waals surface area contributed by atoms with Crippen LogP contribution in [0.1, 0.15) is 36.7 Å². The van der Waals surface area contributed by atoms with Crippen molar-refractivity contribution < 1.29 is 0 Å². The summed E-state index contributed by atoms with van der Waals surface area (Å²) in [6, 6.07) is 14.3. The molecule has 0 spiro atoms. The Morgan fingerprint density at radius 2 is 1.79 bits per heavy atom. The van der Waals surface area contributed by atoms with Gasteiger partial charge in [-0.05, 0) is 55.4 Å². The van der Waals surface area contributed by atoms with E-state index in [-0.39, 0.29) is 0 Å². The molecule has 0 fully saturated rings. The van der Waals surface area contributed by atoms with Gasteiger partial charge in [0, 0.05) is 23.5 Å². The van der Waals surface area contributed by atoms with Crippen LogP contribution in [0.15, 0.2) is 42.5 Å². The molecule has 5 heteroatoms. The number of benzene rings is 2. The van der Waals surface area contributed by atoms with Crippen LogP contribution < -0.4 is 5.32 Å². The molecule has 0 aliphatic carbocycles. The SMILES string of the molecule is CC(C)c1ccc(C=Cc2nc(NCCN(C)C)c3cc(Cl)ccc3n2)cc1. The van der Waals surface area contributed by atoms with Crippen molar-refractivity contribution in [2.75, 3.05) is 32.5 Å². The highest BCUT2D eigenvalue weighted by Crippen LogP contribution is 2.24. The zero-order chi connectivity index (χ0) is 20.1. The van der Waals surface area contributed by atoms with E-state index in [2.05, 4.69) is 67.4 Å². The zero-order valence-electron chi connectivity index (χ0n) is 16.9. The van der Waals surface area contributed by atoms with Crippen molar-refractivity contribution in [2.24, 2.45) is 0 Å². The van der Waals surface area contributed by atoms with Gasteiger partial charge in [-0.1, -0.05) is 55.8 Å². The lowest BCUT2D eigenvalue weighted by molar-refractivity contribution is 0.425. The number of hydrogen-bond acceptors (Lipinski definition) is 4. The molecule has 4 nitrogen and oxygen atoms in total. The van der Waals surface area contributed by atoms with E-state index in [1.807, 2.05) is 30.4 Å². The number of nitrogens with one attached hydrogen (secondary N) is 1. The van der Waals surface area contributed by atoms with Crippen molar-refractivity contribution in [2.45, 2.75) is 19.8 Å². The highest BCUT2D eigenvalue weighted by Gasteiger charge is 2.07. The predicted molar refractivity (Wildman–Crippen MR) is 121 cm³/mol. The number of fused-ring (bicyclic) bond motifs is 1. The number of anilines is 1. The van der Waals surface area contributed by atoms with Crippen molar-refractivity contribution in [3.8, 4) is 0 Å². The van der Waals surface area contributed by atoms with Crippen molar-refractivity contribution in [3.63, 3.8) is 0 Å². The lowest BCUT2D eigenvalue weighted by atomic mass is 10.0. The van der Waals surface area contributed by atoms with E-state index in [1.54, 1.807) is 0 Å². The third-order valence-electron chi connectivity index (χ3n) is 4.55. The second-order valence-corrected chi connectivity index (χ2v) is 7.91. The molecule has 146 valence electrons. The van der Waals surface area contributed by atoms with Crippen molar-refractivity contribution in [3.05, 3.63) is 64.4 Å². The van der Waals surface area contributed by atoms with E-state index in [0.29, 0.717) is 16.8 Å². The van der Waals surface area contributed by atoms with Crippen LogP contribution in [-0.4, -0.2) is 42.1 Å². The molecule has 0 aliphatic rings. The maximum atomic E-state index is 6.19. The number of aromatic nitrogens is 2. The molecule has 0 atom stereocenters. The van der Waals surface area contributed by atoms with Gasteiger partial charge in [-0.3, -0.25) is 0 Å². The van der Waals surface area contributed by atoms with E-state index < -0.39 is 0 Å². The van der Waals surface area contributed by atoms with Gasteiger partial charge in [-0.2, -0.15) is 0 Å². The van der Waals surface area contributed by atoms with Crippen LogP contribution in [-0.2, 0) is 0 Å². The van der Waals surface area contributed by atoms with Crippen LogP contribution in [0.5, 0.6) is 0 Å². The molecule has 0 unspecified atom stereocenters. The summed E-state index contributed by atoms with van der Waals surface area (Å²) in [4.78, 5) is 11.5. The summed E-state index contributed by atoms with van der Waals surface area (Å²) in [5.74, 6) is 2.02. The molecule has 0 amide bonds. The molecular formula is C23H27ClN4. The fourth-order valence-corrected chi connectivity index (χ4v) is 3.06. The molecule has 3 aromatic rings. The van der Waals surface area contributed by atoms with E-state index in [0.717, 1.165) is 35.4 Å². The summed E-state index contributed by atoms with van der Waals surface area (Å²) in [6.45, 7) is 6.11. The first-order valence-electron chi connectivity index (χ1n) is 9.56. The molecule has 1 heterocycles. The number of rotatable bonds is 7. The minimum absolute atomic E-state index is 0.532. The van der Waals surface area contributed by atoms with E-state index in [9.17, 15) is 0 Å². The maximum Gasteiger partial charge on any atom is 0.154 e. The number of likely N-dealkylation sites (N-methyl/N-ethyl adjacent to an activating group) is 1. The standard InChI is InChI=1S/C23H27ClN4/c1-16(2)18-8-5-17(6-9-18)7-12-22-26-21-11-10-19(24)15-20(21)23(27-22)25-13-14-28(3)4/h5-12,15-16H,13-14H2,1-4H3,(H,25,26,27). The largest absolute Gasteiger partial charge is 0.368 e. The van der Waals surface area contributed by atoms with Crippen LogP contribution in [0, 0.1) is 0 Å². The molecule has 0 saturated heterocycles. The Morgan fingerprint density at radius 1 is 1.04 bits per heavy atom. The number of nitrogens with zero attached hydrogens (tertiary/aromatic N) is 3. The second-order valence-electron chi connectivity index (χ2n) is 7.48. The van der Waals surface area contributed by atoms with Crippen molar-refractivity contribution in [1.29, 1.82) is 0 Å². The Kier molecular flexibility index (Phi) is 6.65. The highest BCUT2D eigenvalue weighted by atomic mass is 35.5. The Bertz CT molecular complexity index is 962. The average Bonchev–Trinajstić information content (AvgIpc) is 2.66. The van der Waals surface area contributed by atoms with Crippen molar-refractivity contribution in [1.82, 2.24) is 14.9 Å².